The number of imidazole rings is 1. The Bertz CT molecular complexity index is 1600. The SMILES string of the molecule is Cc1cc(C#N)ncc1Oc1cc(Nc2ccc(N3CCN(C(=O)O)C(C(C)(C)C)C3)cn2)c2ncn(C)c2n1. The van der Waals surface area contributed by atoms with Gasteiger partial charge in [0.2, 0.25) is 5.88 Å². The van der Waals surface area contributed by atoms with E-state index in [9.17, 15) is 9.90 Å². The minimum absolute atomic E-state index is 0.140. The van der Waals surface area contributed by atoms with Crippen LogP contribution < -0.4 is 15.0 Å². The first-order valence-corrected chi connectivity index (χ1v) is 12.9. The largest absolute Gasteiger partial charge is 0.465 e. The molecule has 2 N–H and O–H groups in total. The van der Waals surface area contributed by atoms with Crippen LogP contribution in [0.1, 0.15) is 32.0 Å². The number of pyridine rings is 3. The zero-order valence-electron chi connectivity index (χ0n) is 23.1. The lowest BCUT2D eigenvalue weighted by Crippen LogP contribution is -2.59. The maximum absolute atomic E-state index is 11.8. The quantitative estimate of drug-likeness (QED) is 0.365. The topological polar surface area (TPSA) is 145 Å². The predicted molar refractivity (Wildman–Crippen MR) is 150 cm³/mol. The van der Waals surface area contributed by atoms with Crippen molar-refractivity contribution in [3.63, 3.8) is 0 Å². The Balaban J connectivity index is 1.38. The summed E-state index contributed by atoms with van der Waals surface area (Å²) < 4.78 is 7.85. The van der Waals surface area contributed by atoms with Crippen molar-refractivity contribution in [2.24, 2.45) is 12.5 Å². The van der Waals surface area contributed by atoms with Crippen molar-refractivity contribution in [2.75, 3.05) is 29.9 Å². The highest BCUT2D eigenvalue weighted by Gasteiger charge is 2.38. The summed E-state index contributed by atoms with van der Waals surface area (Å²) in [4.78, 5) is 33.3. The number of anilines is 3. The average molecular weight is 542 g/mol. The second-order valence-electron chi connectivity index (χ2n) is 10.9. The first-order valence-electron chi connectivity index (χ1n) is 12.9. The molecule has 1 aliphatic heterocycles. The van der Waals surface area contributed by atoms with Gasteiger partial charge in [-0.25, -0.2) is 19.7 Å². The molecule has 1 saturated heterocycles. The van der Waals surface area contributed by atoms with Crippen LogP contribution in [0.25, 0.3) is 11.2 Å². The number of ether oxygens (including phenoxy) is 1. The number of aromatic nitrogens is 5. The number of hydrogen-bond acceptors (Lipinski definition) is 9. The molecule has 206 valence electrons. The molecule has 40 heavy (non-hydrogen) atoms. The van der Waals surface area contributed by atoms with Crippen LogP contribution in [0, 0.1) is 23.7 Å². The van der Waals surface area contributed by atoms with E-state index >= 15 is 0 Å². The van der Waals surface area contributed by atoms with Gasteiger partial charge < -0.3 is 29.5 Å². The molecule has 1 atom stereocenters. The van der Waals surface area contributed by atoms with Gasteiger partial charge in [-0.1, -0.05) is 20.8 Å². The molecule has 1 amide bonds. The molecule has 1 unspecified atom stereocenters. The van der Waals surface area contributed by atoms with Gasteiger partial charge in [-0.2, -0.15) is 10.2 Å². The van der Waals surface area contributed by atoms with E-state index in [0.717, 1.165) is 11.3 Å². The summed E-state index contributed by atoms with van der Waals surface area (Å²) >= 11 is 0. The van der Waals surface area contributed by atoms with Gasteiger partial charge in [-0.3, -0.25) is 0 Å². The molecule has 1 aliphatic rings. The fourth-order valence-corrected chi connectivity index (χ4v) is 4.82. The number of nitrogens with one attached hydrogen (secondary N) is 1. The number of carbonyl (C=O) groups is 1. The van der Waals surface area contributed by atoms with E-state index in [2.05, 4.69) is 50.9 Å². The number of rotatable bonds is 5. The molecule has 5 rings (SSSR count). The van der Waals surface area contributed by atoms with Crippen molar-refractivity contribution in [1.82, 2.24) is 29.4 Å². The maximum atomic E-state index is 11.8. The molecule has 0 radical (unpaired) electrons. The van der Waals surface area contributed by atoms with E-state index in [-0.39, 0.29) is 11.5 Å². The molecule has 5 heterocycles. The van der Waals surface area contributed by atoms with Crippen molar-refractivity contribution in [3.05, 3.63) is 54.2 Å². The fraction of sp³-hybridized carbons (Fsp3) is 0.357. The Labute approximate surface area is 231 Å². The molecule has 0 aliphatic carbocycles. The summed E-state index contributed by atoms with van der Waals surface area (Å²) in [5, 5.41) is 22.1. The van der Waals surface area contributed by atoms with Crippen molar-refractivity contribution in [1.29, 1.82) is 5.26 Å². The molecular formula is C28H31N9O3. The Hall–Kier alpha value is -4.92. The van der Waals surface area contributed by atoms with Crippen LogP contribution in [0.2, 0.25) is 0 Å². The smallest absolute Gasteiger partial charge is 0.407 e. The van der Waals surface area contributed by atoms with Gasteiger partial charge in [-0.15, -0.1) is 0 Å². The fourth-order valence-electron chi connectivity index (χ4n) is 4.82. The van der Waals surface area contributed by atoms with Crippen molar-refractivity contribution in [2.45, 2.75) is 33.7 Å². The molecule has 12 heteroatoms. The monoisotopic (exact) mass is 541 g/mol. The van der Waals surface area contributed by atoms with Crippen LogP contribution in [0.15, 0.2) is 43.0 Å². The zero-order chi connectivity index (χ0) is 28.6. The summed E-state index contributed by atoms with van der Waals surface area (Å²) in [5.74, 6) is 1.45. The third-order valence-corrected chi connectivity index (χ3v) is 7.04. The number of nitriles is 1. The summed E-state index contributed by atoms with van der Waals surface area (Å²) in [6, 6.07) is 9.16. The van der Waals surface area contributed by atoms with Crippen LogP contribution in [0.3, 0.4) is 0 Å². The second kappa shape index (κ2) is 10.3. The van der Waals surface area contributed by atoms with Gasteiger partial charge >= 0.3 is 6.09 Å². The molecule has 4 aromatic heterocycles. The van der Waals surface area contributed by atoms with E-state index in [1.54, 1.807) is 29.2 Å². The summed E-state index contributed by atoms with van der Waals surface area (Å²) in [6.45, 7) is 9.65. The summed E-state index contributed by atoms with van der Waals surface area (Å²) in [5.41, 5.74) is 3.76. The molecule has 0 bridgehead atoms. The predicted octanol–water partition coefficient (Wildman–Crippen LogP) is 4.69. The first-order chi connectivity index (χ1) is 19.0. The second-order valence-corrected chi connectivity index (χ2v) is 10.9. The maximum Gasteiger partial charge on any atom is 0.407 e. The van der Waals surface area contributed by atoms with Crippen molar-refractivity contribution >= 4 is 34.4 Å². The van der Waals surface area contributed by atoms with Crippen molar-refractivity contribution in [3.8, 4) is 17.7 Å². The lowest BCUT2D eigenvalue weighted by atomic mass is 9.84. The average Bonchev–Trinajstić information content (AvgIpc) is 3.30. The van der Waals surface area contributed by atoms with Crippen LogP contribution in [0.4, 0.5) is 22.0 Å². The van der Waals surface area contributed by atoms with E-state index < -0.39 is 6.09 Å². The number of amides is 1. The van der Waals surface area contributed by atoms with Gasteiger partial charge in [0.1, 0.15) is 23.1 Å². The Morgan fingerprint density at radius 2 is 1.98 bits per heavy atom. The zero-order valence-corrected chi connectivity index (χ0v) is 23.1. The Morgan fingerprint density at radius 3 is 2.62 bits per heavy atom. The number of nitrogens with zero attached hydrogens (tertiary/aromatic N) is 8. The third kappa shape index (κ3) is 5.31. The van der Waals surface area contributed by atoms with E-state index in [1.807, 2.05) is 32.2 Å². The van der Waals surface area contributed by atoms with E-state index in [0.29, 0.717) is 59.6 Å². The lowest BCUT2D eigenvalue weighted by Gasteiger charge is -2.46. The van der Waals surface area contributed by atoms with Crippen LogP contribution in [-0.2, 0) is 7.05 Å². The summed E-state index contributed by atoms with van der Waals surface area (Å²) in [7, 11) is 1.85. The Kier molecular flexibility index (Phi) is 6.89. The molecular weight excluding hydrogens is 510 g/mol. The van der Waals surface area contributed by atoms with Gasteiger partial charge in [0, 0.05) is 32.7 Å². The van der Waals surface area contributed by atoms with Gasteiger partial charge in [0.15, 0.2) is 11.4 Å². The molecule has 4 aromatic rings. The highest BCUT2D eigenvalue weighted by molar-refractivity contribution is 5.88. The van der Waals surface area contributed by atoms with E-state index in [1.165, 1.54) is 11.1 Å². The Morgan fingerprint density at radius 1 is 1.18 bits per heavy atom. The normalized spacial score (nSPS) is 15.7. The lowest BCUT2D eigenvalue weighted by molar-refractivity contribution is 0.0748. The van der Waals surface area contributed by atoms with Gasteiger partial charge in [-0.05, 0) is 36.1 Å². The number of aryl methyl sites for hydroxylation is 2. The third-order valence-electron chi connectivity index (χ3n) is 7.04. The van der Waals surface area contributed by atoms with Gasteiger partial charge in [0.25, 0.3) is 0 Å². The van der Waals surface area contributed by atoms with Crippen LogP contribution in [0.5, 0.6) is 11.6 Å². The minimum Gasteiger partial charge on any atom is -0.465 e. The highest BCUT2D eigenvalue weighted by Crippen LogP contribution is 2.33. The van der Waals surface area contributed by atoms with E-state index in [4.69, 9.17) is 10.00 Å². The summed E-state index contributed by atoms with van der Waals surface area (Å²) in [6.07, 6.45) is 4.10. The van der Waals surface area contributed by atoms with Gasteiger partial charge in [0.05, 0.1) is 36.1 Å². The number of fused-ring (bicyclic) bond motifs is 1. The number of hydrogen-bond donors (Lipinski definition) is 2. The van der Waals surface area contributed by atoms with Crippen LogP contribution >= 0.6 is 0 Å². The first kappa shape index (κ1) is 26.7. The minimum atomic E-state index is -0.885. The number of carboxylic acid groups (broad SMARTS) is 1. The molecule has 12 nitrogen and oxygen atoms in total. The molecule has 0 saturated carbocycles. The standard InChI is InChI=1S/C28H31N9O3/c1-17-10-18(12-29)30-14-21(17)40-24-11-20(25-26(34-24)35(5)16-32-25)33-23-7-6-19(13-31-23)36-8-9-37(27(38)39)22(15-36)28(2,3)4/h6-7,10-11,13-14,16,22H,8-9,15H2,1-5H3,(H,38,39)(H,31,33,34). The molecule has 0 spiro atoms. The van der Waals surface area contributed by atoms with Crippen molar-refractivity contribution < 1.29 is 14.6 Å². The molecule has 0 aromatic carbocycles. The molecule has 1 fully saturated rings. The highest BCUT2D eigenvalue weighted by atomic mass is 16.5. The number of piperazine rings is 1. The van der Waals surface area contributed by atoms with Crippen LogP contribution in [-0.4, -0.2) is 66.3 Å².